The first kappa shape index (κ1) is 12.7. The first-order chi connectivity index (χ1) is 7.76. The van der Waals surface area contributed by atoms with E-state index in [0.29, 0.717) is 12.1 Å². The first-order valence-electron chi connectivity index (χ1n) is 5.78. The third kappa shape index (κ3) is 4.45. The molecular formula is C12H20N4. The Labute approximate surface area is 97.5 Å². The average molecular weight is 220 g/mol. The molecule has 1 heterocycles. The van der Waals surface area contributed by atoms with Crippen molar-refractivity contribution < 1.29 is 0 Å². The zero-order valence-electron chi connectivity index (χ0n) is 10.1. The van der Waals surface area contributed by atoms with Gasteiger partial charge in [-0.05, 0) is 19.8 Å². The van der Waals surface area contributed by atoms with Gasteiger partial charge < -0.3 is 5.32 Å². The maximum absolute atomic E-state index is 5.32. The van der Waals surface area contributed by atoms with Gasteiger partial charge in [0, 0.05) is 25.0 Å². The Morgan fingerprint density at radius 3 is 2.94 bits per heavy atom. The van der Waals surface area contributed by atoms with Crippen LogP contribution in [-0.2, 0) is 6.54 Å². The van der Waals surface area contributed by atoms with E-state index >= 15 is 0 Å². The lowest BCUT2D eigenvalue weighted by Crippen LogP contribution is -2.36. The van der Waals surface area contributed by atoms with Crippen LogP contribution in [0.25, 0.3) is 0 Å². The quantitative estimate of drug-likeness (QED) is 0.707. The molecule has 0 bridgehead atoms. The van der Waals surface area contributed by atoms with Crippen molar-refractivity contribution in [2.24, 2.45) is 0 Å². The standard InChI is InChI=1S/C12H20N4/c1-4-6-12(5-2)15-11(3)7-8-16-10-13-9-14-16/h1,9-12,15H,5-8H2,2-3H3. The van der Waals surface area contributed by atoms with Crippen molar-refractivity contribution in [3.63, 3.8) is 0 Å². The van der Waals surface area contributed by atoms with Gasteiger partial charge in [0.2, 0.25) is 0 Å². The Morgan fingerprint density at radius 1 is 1.56 bits per heavy atom. The predicted molar refractivity (Wildman–Crippen MR) is 64.8 cm³/mol. The fraction of sp³-hybridized carbons (Fsp3) is 0.667. The first-order valence-corrected chi connectivity index (χ1v) is 5.78. The number of terminal acetylenes is 1. The lowest BCUT2D eigenvalue weighted by molar-refractivity contribution is 0.397. The Balaban J connectivity index is 2.24. The van der Waals surface area contributed by atoms with Crippen molar-refractivity contribution in [2.45, 2.75) is 51.7 Å². The van der Waals surface area contributed by atoms with Crippen LogP contribution in [0.5, 0.6) is 0 Å². The van der Waals surface area contributed by atoms with Crippen LogP contribution >= 0.6 is 0 Å². The molecule has 0 aromatic carbocycles. The molecular weight excluding hydrogens is 200 g/mol. The molecule has 4 heteroatoms. The highest BCUT2D eigenvalue weighted by atomic mass is 15.3. The van der Waals surface area contributed by atoms with Gasteiger partial charge in [-0.2, -0.15) is 5.10 Å². The number of nitrogens with zero attached hydrogens (tertiary/aromatic N) is 3. The summed E-state index contributed by atoms with van der Waals surface area (Å²) in [4.78, 5) is 3.91. The van der Waals surface area contributed by atoms with Gasteiger partial charge in [0.15, 0.2) is 0 Å². The minimum atomic E-state index is 0.427. The zero-order valence-corrected chi connectivity index (χ0v) is 10.1. The molecule has 4 nitrogen and oxygen atoms in total. The molecule has 1 aromatic rings. The summed E-state index contributed by atoms with van der Waals surface area (Å²) in [5.74, 6) is 2.70. The number of nitrogens with one attached hydrogen (secondary N) is 1. The lowest BCUT2D eigenvalue weighted by atomic mass is 10.1. The van der Waals surface area contributed by atoms with Crippen molar-refractivity contribution in [3.8, 4) is 12.3 Å². The molecule has 16 heavy (non-hydrogen) atoms. The molecule has 0 fully saturated rings. The van der Waals surface area contributed by atoms with Crippen LogP contribution in [0.1, 0.15) is 33.1 Å². The molecule has 0 aliphatic heterocycles. The normalized spacial score (nSPS) is 14.3. The highest BCUT2D eigenvalue weighted by Crippen LogP contribution is 2.01. The molecule has 2 unspecified atom stereocenters. The summed E-state index contributed by atoms with van der Waals surface area (Å²) >= 11 is 0. The van der Waals surface area contributed by atoms with Crippen molar-refractivity contribution in [1.82, 2.24) is 20.1 Å². The van der Waals surface area contributed by atoms with Crippen molar-refractivity contribution in [2.75, 3.05) is 0 Å². The van der Waals surface area contributed by atoms with Crippen LogP contribution in [0.4, 0.5) is 0 Å². The van der Waals surface area contributed by atoms with Gasteiger partial charge in [-0.1, -0.05) is 6.92 Å². The molecule has 2 atom stereocenters. The van der Waals surface area contributed by atoms with E-state index in [1.807, 2.05) is 4.68 Å². The molecule has 1 N–H and O–H groups in total. The maximum Gasteiger partial charge on any atom is 0.137 e. The van der Waals surface area contributed by atoms with Crippen LogP contribution in [0, 0.1) is 12.3 Å². The number of aromatic nitrogens is 3. The monoisotopic (exact) mass is 220 g/mol. The summed E-state index contributed by atoms with van der Waals surface area (Å²) < 4.78 is 1.85. The Bertz CT molecular complexity index is 312. The topological polar surface area (TPSA) is 42.7 Å². The van der Waals surface area contributed by atoms with E-state index in [9.17, 15) is 0 Å². The second-order valence-corrected chi connectivity index (χ2v) is 4.03. The Hall–Kier alpha value is -1.34. The summed E-state index contributed by atoms with van der Waals surface area (Å²) in [6.07, 6.45) is 11.5. The SMILES string of the molecule is C#CCC(CC)NC(C)CCn1cncn1. The summed E-state index contributed by atoms with van der Waals surface area (Å²) in [5, 5.41) is 7.60. The van der Waals surface area contributed by atoms with Crippen LogP contribution in [0.15, 0.2) is 12.7 Å². The summed E-state index contributed by atoms with van der Waals surface area (Å²) in [6.45, 7) is 5.22. The molecule has 1 aromatic heterocycles. The molecule has 0 amide bonds. The van der Waals surface area contributed by atoms with Gasteiger partial charge in [0.1, 0.15) is 12.7 Å². The van der Waals surface area contributed by atoms with Crippen LogP contribution in [-0.4, -0.2) is 26.8 Å². The molecule has 0 aliphatic rings. The minimum absolute atomic E-state index is 0.427. The smallest absolute Gasteiger partial charge is 0.137 e. The Kier molecular flexibility index (Phi) is 5.58. The van der Waals surface area contributed by atoms with E-state index in [4.69, 9.17) is 6.42 Å². The molecule has 0 saturated carbocycles. The van der Waals surface area contributed by atoms with E-state index < -0.39 is 0 Å². The predicted octanol–water partition coefficient (Wildman–Crippen LogP) is 1.45. The highest BCUT2D eigenvalue weighted by Gasteiger charge is 2.09. The molecule has 0 aliphatic carbocycles. The maximum atomic E-state index is 5.32. The largest absolute Gasteiger partial charge is 0.310 e. The molecule has 0 saturated heterocycles. The number of rotatable bonds is 7. The number of aryl methyl sites for hydroxylation is 1. The van der Waals surface area contributed by atoms with E-state index in [1.54, 1.807) is 12.7 Å². The second-order valence-electron chi connectivity index (χ2n) is 4.03. The third-order valence-electron chi connectivity index (χ3n) is 2.64. The van der Waals surface area contributed by atoms with Crippen molar-refractivity contribution in [3.05, 3.63) is 12.7 Å². The summed E-state index contributed by atoms with van der Waals surface area (Å²) in [7, 11) is 0. The van der Waals surface area contributed by atoms with Gasteiger partial charge in [-0.3, -0.25) is 4.68 Å². The van der Waals surface area contributed by atoms with Gasteiger partial charge in [0.25, 0.3) is 0 Å². The molecule has 0 spiro atoms. The molecule has 88 valence electrons. The van der Waals surface area contributed by atoms with E-state index in [0.717, 1.165) is 25.8 Å². The highest BCUT2D eigenvalue weighted by molar-refractivity contribution is 4.90. The van der Waals surface area contributed by atoms with Gasteiger partial charge in [0.05, 0.1) is 0 Å². The van der Waals surface area contributed by atoms with Crippen molar-refractivity contribution >= 4 is 0 Å². The van der Waals surface area contributed by atoms with Crippen LogP contribution in [0.2, 0.25) is 0 Å². The fourth-order valence-corrected chi connectivity index (χ4v) is 1.62. The zero-order chi connectivity index (χ0) is 11.8. The van der Waals surface area contributed by atoms with Crippen molar-refractivity contribution in [1.29, 1.82) is 0 Å². The van der Waals surface area contributed by atoms with Crippen LogP contribution in [0.3, 0.4) is 0 Å². The summed E-state index contributed by atoms with van der Waals surface area (Å²) in [6, 6.07) is 0.873. The van der Waals surface area contributed by atoms with Gasteiger partial charge in [-0.25, -0.2) is 4.98 Å². The third-order valence-corrected chi connectivity index (χ3v) is 2.64. The van der Waals surface area contributed by atoms with Crippen LogP contribution < -0.4 is 5.32 Å². The average Bonchev–Trinajstić information content (AvgIpc) is 2.78. The second kappa shape index (κ2) is 7.02. The van der Waals surface area contributed by atoms with E-state index in [2.05, 4.69) is 35.2 Å². The molecule has 1 rings (SSSR count). The summed E-state index contributed by atoms with van der Waals surface area (Å²) in [5.41, 5.74) is 0. The van der Waals surface area contributed by atoms with E-state index in [-0.39, 0.29) is 0 Å². The fourth-order valence-electron chi connectivity index (χ4n) is 1.62. The minimum Gasteiger partial charge on any atom is -0.310 e. The van der Waals surface area contributed by atoms with E-state index in [1.165, 1.54) is 0 Å². The Morgan fingerprint density at radius 2 is 2.38 bits per heavy atom. The number of hydrogen-bond donors (Lipinski definition) is 1. The number of hydrogen-bond acceptors (Lipinski definition) is 3. The lowest BCUT2D eigenvalue weighted by Gasteiger charge is -2.20. The van der Waals surface area contributed by atoms with Gasteiger partial charge >= 0.3 is 0 Å². The van der Waals surface area contributed by atoms with Gasteiger partial charge in [-0.15, -0.1) is 12.3 Å². The molecule has 0 radical (unpaired) electrons.